The lowest BCUT2D eigenvalue weighted by atomic mass is 10.1. The highest BCUT2D eigenvalue weighted by molar-refractivity contribution is 5.68. The van der Waals surface area contributed by atoms with Gasteiger partial charge in [-0.25, -0.2) is 0 Å². The Balaban J connectivity index is 3.05. The topological polar surface area (TPSA) is 18.5 Å². The van der Waals surface area contributed by atoms with Crippen LogP contribution in [0.4, 0.5) is 0 Å². The first-order valence-corrected chi connectivity index (χ1v) is 4.12. The fourth-order valence-corrected chi connectivity index (χ4v) is 1.21. The predicted molar refractivity (Wildman–Crippen MR) is 53.7 cm³/mol. The smallest absolute Gasteiger partial charge is 0.126 e. The van der Waals surface area contributed by atoms with Gasteiger partial charge in [0.1, 0.15) is 5.75 Å². The van der Waals surface area contributed by atoms with Crippen LogP contribution in [0.5, 0.6) is 5.75 Å². The van der Waals surface area contributed by atoms with E-state index in [1.54, 1.807) is 20.5 Å². The maximum atomic E-state index is 5.22. The van der Waals surface area contributed by atoms with Crippen molar-refractivity contribution in [2.45, 2.75) is 6.92 Å². The number of benzene rings is 1. The van der Waals surface area contributed by atoms with E-state index in [1.807, 2.05) is 31.2 Å². The summed E-state index contributed by atoms with van der Waals surface area (Å²) in [5.74, 6) is 0.869. The normalized spacial score (nSPS) is 11.2. The SMILES string of the molecule is CO/C=C(\C)c1ccccc1OC. The van der Waals surface area contributed by atoms with E-state index in [9.17, 15) is 0 Å². The average Bonchev–Trinajstić information content (AvgIpc) is 2.18. The molecule has 0 bridgehead atoms. The second-order valence-electron chi connectivity index (χ2n) is 2.74. The lowest BCUT2D eigenvalue weighted by Gasteiger charge is -2.07. The Bertz CT molecular complexity index is 303. The van der Waals surface area contributed by atoms with Gasteiger partial charge in [-0.3, -0.25) is 0 Å². The molecular formula is C11H14O2. The predicted octanol–water partition coefficient (Wildman–Crippen LogP) is 2.70. The van der Waals surface area contributed by atoms with Gasteiger partial charge in [0.25, 0.3) is 0 Å². The molecule has 0 unspecified atom stereocenters. The van der Waals surface area contributed by atoms with Gasteiger partial charge in [-0.15, -0.1) is 0 Å². The van der Waals surface area contributed by atoms with Gasteiger partial charge in [-0.05, 0) is 18.6 Å². The second kappa shape index (κ2) is 4.55. The molecule has 0 spiro atoms. The van der Waals surface area contributed by atoms with Crippen LogP contribution in [0.1, 0.15) is 12.5 Å². The lowest BCUT2D eigenvalue weighted by molar-refractivity contribution is 0.339. The summed E-state index contributed by atoms with van der Waals surface area (Å²) in [5.41, 5.74) is 2.12. The van der Waals surface area contributed by atoms with Crippen molar-refractivity contribution in [2.75, 3.05) is 14.2 Å². The second-order valence-corrected chi connectivity index (χ2v) is 2.74. The Morgan fingerprint density at radius 3 is 2.54 bits per heavy atom. The Morgan fingerprint density at radius 2 is 1.92 bits per heavy atom. The number of allylic oxidation sites excluding steroid dienone is 1. The number of rotatable bonds is 3. The standard InChI is InChI=1S/C11H14O2/c1-9(8-12-2)10-6-4-5-7-11(10)13-3/h4-8H,1-3H3/b9-8+. The zero-order chi connectivity index (χ0) is 9.68. The molecule has 13 heavy (non-hydrogen) atoms. The van der Waals surface area contributed by atoms with Crippen molar-refractivity contribution in [2.24, 2.45) is 0 Å². The molecule has 0 aliphatic rings. The first-order valence-electron chi connectivity index (χ1n) is 4.12. The first kappa shape index (κ1) is 9.65. The van der Waals surface area contributed by atoms with Gasteiger partial charge in [0.15, 0.2) is 0 Å². The van der Waals surface area contributed by atoms with Crippen LogP contribution in [0.15, 0.2) is 30.5 Å². The highest BCUT2D eigenvalue weighted by Crippen LogP contribution is 2.24. The Labute approximate surface area is 78.8 Å². The molecule has 2 nitrogen and oxygen atoms in total. The fourth-order valence-electron chi connectivity index (χ4n) is 1.21. The van der Waals surface area contributed by atoms with Gasteiger partial charge in [0.2, 0.25) is 0 Å². The first-order chi connectivity index (χ1) is 6.29. The third-order valence-corrected chi connectivity index (χ3v) is 1.83. The molecule has 2 heteroatoms. The van der Waals surface area contributed by atoms with Crippen molar-refractivity contribution in [1.29, 1.82) is 0 Å². The molecule has 1 rings (SSSR count). The van der Waals surface area contributed by atoms with E-state index in [1.165, 1.54) is 0 Å². The zero-order valence-corrected chi connectivity index (χ0v) is 8.20. The highest BCUT2D eigenvalue weighted by Gasteiger charge is 2.02. The number of ether oxygens (including phenoxy) is 2. The van der Waals surface area contributed by atoms with Crippen LogP contribution in [0, 0.1) is 0 Å². The summed E-state index contributed by atoms with van der Waals surface area (Å²) in [6.45, 7) is 1.99. The van der Waals surface area contributed by atoms with Crippen LogP contribution < -0.4 is 4.74 Å². The fraction of sp³-hybridized carbons (Fsp3) is 0.273. The van der Waals surface area contributed by atoms with Crippen molar-refractivity contribution in [1.82, 2.24) is 0 Å². The molecule has 1 aromatic carbocycles. The Morgan fingerprint density at radius 1 is 1.23 bits per heavy atom. The molecule has 0 aliphatic carbocycles. The van der Waals surface area contributed by atoms with Gasteiger partial charge in [0.05, 0.1) is 20.5 Å². The minimum absolute atomic E-state index is 0.869. The van der Waals surface area contributed by atoms with E-state index in [2.05, 4.69) is 0 Å². The van der Waals surface area contributed by atoms with Gasteiger partial charge >= 0.3 is 0 Å². The van der Waals surface area contributed by atoms with Crippen molar-refractivity contribution in [3.05, 3.63) is 36.1 Å². The molecule has 0 aliphatic heterocycles. The largest absolute Gasteiger partial charge is 0.504 e. The highest BCUT2D eigenvalue weighted by atomic mass is 16.5. The van der Waals surface area contributed by atoms with E-state index in [0.717, 1.165) is 16.9 Å². The summed E-state index contributed by atoms with van der Waals surface area (Å²) in [6.07, 6.45) is 1.71. The third kappa shape index (κ3) is 2.25. The molecule has 1 aromatic rings. The Kier molecular flexibility index (Phi) is 3.38. The maximum absolute atomic E-state index is 5.22. The van der Waals surface area contributed by atoms with Gasteiger partial charge in [-0.2, -0.15) is 0 Å². The van der Waals surface area contributed by atoms with Gasteiger partial charge in [-0.1, -0.05) is 18.2 Å². The molecule has 70 valence electrons. The molecule has 0 amide bonds. The minimum atomic E-state index is 0.869. The molecule has 0 heterocycles. The van der Waals surface area contributed by atoms with Crippen LogP contribution in [0.25, 0.3) is 5.57 Å². The zero-order valence-electron chi connectivity index (χ0n) is 8.20. The van der Waals surface area contributed by atoms with E-state index in [-0.39, 0.29) is 0 Å². The van der Waals surface area contributed by atoms with Gasteiger partial charge < -0.3 is 9.47 Å². The van der Waals surface area contributed by atoms with Crippen LogP contribution >= 0.6 is 0 Å². The monoisotopic (exact) mass is 178 g/mol. The molecular weight excluding hydrogens is 164 g/mol. The summed E-state index contributed by atoms with van der Waals surface area (Å²) in [5, 5.41) is 0. The van der Waals surface area contributed by atoms with Crippen LogP contribution in [0.3, 0.4) is 0 Å². The van der Waals surface area contributed by atoms with Crippen molar-refractivity contribution < 1.29 is 9.47 Å². The van der Waals surface area contributed by atoms with Gasteiger partial charge in [0, 0.05) is 5.56 Å². The van der Waals surface area contributed by atoms with E-state index in [0.29, 0.717) is 0 Å². The van der Waals surface area contributed by atoms with E-state index < -0.39 is 0 Å². The molecule has 0 saturated carbocycles. The summed E-state index contributed by atoms with van der Waals surface area (Å²) in [7, 11) is 3.30. The maximum Gasteiger partial charge on any atom is 0.126 e. The molecule has 0 saturated heterocycles. The number of methoxy groups -OCH3 is 2. The third-order valence-electron chi connectivity index (χ3n) is 1.83. The summed E-state index contributed by atoms with van der Waals surface area (Å²) >= 11 is 0. The summed E-state index contributed by atoms with van der Waals surface area (Å²) in [4.78, 5) is 0. The summed E-state index contributed by atoms with van der Waals surface area (Å²) in [6, 6.07) is 7.86. The molecule has 0 atom stereocenters. The lowest BCUT2D eigenvalue weighted by Crippen LogP contribution is -1.89. The minimum Gasteiger partial charge on any atom is -0.504 e. The number of hydrogen-bond acceptors (Lipinski definition) is 2. The number of para-hydroxylation sites is 1. The van der Waals surface area contributed by atoms with Crippen LogP contribution in [-0.2, 0) is 4.74 Å². The van der Waals surface area contributed by atoms with Crippen LogP contribution in [-0.4, -0.2) is 14.2 Å². The molecule has 0 N–H and O–H groups in total. The molecule has 0 aromatic heterocycles. The van der Waals surface area contributed by atoms with Crippen molar-refractivity contribution in [3.63, 3.8) is 0 Å². The molecule has 0 fully saturated rings. The van der Waals surface area contributed by atoms with Crippen LogP contribution in [0.2, 0.25) is 0 Å². The van der Waals surface area contributed by atoms with Crippen molar-refractivity contribution >= 4 is 5.57 Å². The molecule has 0 radical (unpaired) electrons. The quantitative estimate of drug-likeness (QED) is 0.662. The Hall–Kier alpha value is -1.44. The number of hydrogen-bond donors (Lipinski definition) is 0. The average molecular weight is 178 g/mol. The van der Waals surface area contributed by atoms with Crippen molar-refractivity contribution in [3.8, 4) is 5.75 Å². The summed E-state index contributed by atoms with van der Waals surface area (Å²) < 4.78 is 10.2. The van der Waals surface area contributed by atoms with E-state index >= 15 is 0 Å². The van der Waals surface area contributed by atoms with E-state index in [4.69, 9.17) is 9.47 Å².